The number of hydrogen-bond acceptors (Lipinski definition) is 1. The van der Waals surface area contributed by atoms with Crippen LogP contribution < -0.4 is 0 Å². The Morgan fingerprint density at radius 2 is 2.00 bits per heavy atom. The van der Waals surface area contributed by atoms with Gasteiger partial charge >= 0.3 is 0 Å². The number of ether oxygens (including phenoxy) is 1. The van der Waals surface area contributed by atoms with Crippen molar-refractivity contribution in [2.24, 2.45) is 0 Å². The van der Waals surface area contributed by atoms with Crippen LogP contribution in [0.25, 0.3) is 0 Å². The van der Waals surface area contributed by atoms with Crippen molar-refractivity contribution in [1.29, 1.82) is 0 Å². The normalized spacial score (nSPS) is 10.0. The topological polar surface area (TPSA) is 9.23 Å². The van der Waals surface area contributed by atoms with Gasteiger partial charge in [0, 0.05) is 0 Å². The van der Waals surface area contributed by atoms with Gasteiger partial charge in [-0.05, 0) is 24.8 Å². The molecule has 1 heteroatoms. The molecule has 0 aromatic heterocycles. The number of benzene rings is 1. The van der Waals surface area contributed by atoms with Gasteiger partial charge < -0.3 is 4.74 Å². The summed E-state index contributed by atoms with van der Waals surface area (Å²) < 4.78 is 5.59. The Bertz CT molecular complexity index is 313. The quantitative estimate of drug-likeness (QED) is 0.469. The van der Waals surface area contributed by atoms with Crippen molar-refractivity contribution in [2.45, 2.75) is 25.9 Å². The molecule has 0 saturated heterocycles. The Hall–Kier alpha value is -1.34. The van der Waals surface area contributed by atoms with E-state index in [0.29, 0.717) is 13.2 Å². The lowest BCUT2D eigenvalue weighted by Crippen LogP contribution is -1.98. The van der Waals surface area contributed by atoms with E-state index in [1.807, 2.05) is 24.3 Å². The molecule has 0 amide bonds. The SMILES string of the molecule is C=CCCCC(=C)COCc1ccccc1. The third-order valence-corrected chi connectivity index (χ3v) is 2.36. The van der Waals surface area contributed by atoms with Crippen LogP contribution in [-0.4, -0.2) is 6.61 Å². The number of unbranched alkanes of at least 4 members (excludes halogenated alkanes) is 1. The van der Waals surface area contributed by atoms with Gasteiger partial charge in [0.2, 0.25) is 0 Å². The standard InChI is InChI=1S/C15H20O/c1-3-4-6-9-14(2)12-16-13-15-10-7-5-8-11-15/h3,5,7-8,10-11H,1-2,4,6,9,12-13H2. The van der Waals surface area contributed by atoms with Crippen LogP contribution in [0.15, 0.2) is 55.1 Å². The van der Waals surface area contributed by atoms with E-state index in [4.69, 9.17) is 4.74 Å². The van der Waals surface area contributed by atoms with Crippen LogP contribution in [0.1, 0.15) is 24.8 Å². The van der Waals surface area contributed by atoms with Crippen molar-refractivity contribution >= 4 is 0 Å². The van der Waals surface area contributed by atoms with E-state index in [-0.39, 0.29) is 0 Å². The maximum absolute atomic E-state index is 5.59. The fourth-order valence-electron chi connectivity index (χ4n) is 1.46. The predicted molar refractivity (Wildman–Crippen MR) is 69.3 cm³/mol. The number of hydrogen-bond donors (Lipinski definition) is 0. The molecule has 1 aromatic rings. The Kier molecular flexibility index (Phi) is 6.28. The van der Waals surface area contributed by atoms with Gasteiger partial charge in [0.1, 0.15) is 0 Å². The molecule has 0 unspecified atom stereocenters. The molecular formula is C15H20O. The van der Waals surface area contributed by atoms with E-state index >= 15 is 0 Å². The molecule has 1 nitrogen and oxygen atoms in total. The van der Waals surface area contributed by atoms with Crippen molar-refractivity contribution in [2.75, 3.05) is 6.61 Å². The highest BCUT2D eigenvalue weighted by Crippen LogP contribution is 2.07. The van der Waals surface area contributed by atoms with E-state index in [0.717, 1.165) is 24.8 Å². The molecule has 0 saturated carbocycles. The predicted octanol–water partition coefficient (Wildman–Crippen LogP) is 4.12. The van der Waals surface area contributed by atoms with Crippen LogP contribution in [-0.2, 0) is 11.3 Å². The first kappa shape index (κ1) is 12.7. The second-order valence-corrected chi connectivity index (χ2v) is 3.91. The van der Waals surface area contributed by atoms with Gasteiger partial charge in [-0.2, -0.15) is 0 Å². The smallest absolute Gasteiger partial charge is 0.0721 e. The van der Waals surface area contributed by atoms with Crippen molar-refractivity contribution in [3.63, 3.8) is 0 Å². The lowest BCUT2D eigenvalue weighted by atomic mass is 10.1. The fourth-order valence-corrected chi connectivity index (χ4v) is 1.46. The molecule has 0 radical (unpaired) electrons. The van der Waals surface area contributed by atoms with Crippen molar-refractivity contribution in [1.82, 2.24) is 0 Å². The summed E-state index contributed by atoms with van der Waals surface area (Å²) >= 11 is 0. The molecule has 16 heavy (non-hydrogen) atoms. The summed E-state index contributed by atoms with van der Waals surface area (Å²) in [4.78, 5) is 0. The van der Waals surface area contributed by atoms with Gasteiger partial charge in [0.05, 0.1) is 13.2 Å². The molecule has 0 spiro atoms. The zero-order valence-electron chi connectivity index (χ0n) is 9.82. The summed E-state index contributed by atoms with van der Waals surface area (Å²) in [5.74, 6) is 0. The Morgan fingerprint density at radius 3 is 2.69 bits per heavy atom. The minimum Gasteiger partial charge on any atom is -0.372 e. The maximum atomic E-state index is 5.59. The summed E-state index contributed by atoms with van der Waals surface area (Å²) in [6.07, 6.45) is 5.15. The first-order valence-corrected chi connectivity index (χ1v) is 5.72. The van der Waals surface area contributed by atoms with Gasteiger partial charge in [-0.15, -0.1) is 6.58 Å². The Labute approximate surface area is 98.5 Å². The van der Waals surface area contributed by atoms with Crippen molar-refractivity contribution in [3.05, 3.63) is 60.7 Å². The van der Waals surface area contributed by atoms with Gasteiger partial charge in [-0.1, -0.05) is 48.6 Å². The van der Waals surface area contributed by atoms with E-state index in [2.05, 4.69) is 25.3 Å². The van der Waals surface area contributed by atoms with E-state index in [1.165, 1.54) is 5.56 Å². The molecule has 0 fully saturated rings. The zero-order valence-corrected chi connectivity index (χ0v) is 9.82. The Morgan fingerprint density at radius 1 is 1.25 bits per heavy atom. The summed E-state index contributed by atoms with van der Waals surface area (Å²) in [7, 11) is 0. The van der Waals surface area contributed by atoms with E-state index < -0.39 is 0 Å². The molecule has 86 valence electrons. The molecule has 0 N–H and O–H groups in total. The first-order valence-electron chi connectivity index (χ1n) is 5.72. The lowest BCUT2D eigenvalue weighted by Gasteiger charge is -2.06. The van der Waals surface area contributed by atoms with Crippen molar-refractivity contribution < 1.29 is 4.74 Å². The van der Waals surface area contributed by atoms with Crippen molar-refractivity contribution in [3.8, 4) is 0 Å². The fraction of sp³-hybridized carbons (Fsp3) is 0.333. The molecule has 0 bridgehead atoms. The lowest BCUT2D eigenvalue weighted by molar-refractivity contribution is 0.140. The highest BCUT2D eigenvalue weighted by molar-refractivity contribution is 5.13. The molecule has 1 aromatic carbocycles. The number of allylic oxidation sites excluding steroid dienone is 1. The van der Waals surface area contributed by atoms with E-state index in [1.54, 1.807) is 0 Å². The van der Waals surface area contributed by atoms with Crippen LogP contribution in [0.4, 0.5) is 0 Å². The van der Waals surface area contributed by atoms with Crippen LogP contribution in [0, 0.1) is 0 Å². The minimum absolute atomic E-state index is 0.659. The third kappa shape index (κ3) is 5.52. The van der Waals surface area contributed by atoms with Gasteiger partial charge in [-0.25, -0.2) is 0 Å². The number of rotatable bonds is 8. The summed E-state index contributed by atoms with van der Waals surface area (Å²) in [5.41, 5.74) is 2.37. The second kappa shape index (κ2) is 7.89. The highest BCUT2D eigenvalue weighted by atomic mass is 16.5. The minimum atomic E-state index is 0.659. The summed E-state index contributed by atoms with van der Waals surface area (Å²) in [5, 5.41) is 0. The average Bonchev–Trinajstić information content (AvgIpc) is 2.31. The van der Waals surface area contributed by atoms with Gasteiger partial charge in [0.25, 0.3) is 0 Å². The maximum Gasteiger partial charge on any atom is 0.0721 e. The largest absolute Gasteiger partial charge is 0.372 e. The monoisotopic (exact) mass is 216 g/mol. The molecule has 1 rings (SSSR count). The highest BCUT2D eigenvalue weighted by Gasteiger charge is 1.96. The molecule has 0 heterocycles. The molecule has 0 aliphatic rings. The van der Waals surface area contributed by atoms with Crippen LogP contribution in [0.3, 0.4) is 0 Å². The van der Waals surface area contributed by atoms with Crippen LogP contribution in [0.5, 0.6) is 0 Å². The zero-order chi connectivity index (χ0) is 11.6. The van der Waals surface area contributed by atoms with Gasteiger partial charge in [0.15, 0.2) is 0 Å². The third-order valence-electron chi connectivity index (χ3n) is 2.36. The Balaban J connectivity index is 2.11. The van der Waals surface area contributed by atoms with Gasteiger partial charge in [-0.3, -0.25) is 0 Å². The summed E-state index contributed by atoms with van der Waals surface area (Å²) in [6.45, 7) is 9.02. The average molecular weight is 216 g/mol. The second-order valence-electron chi connectivity index (χ2n) is 3.91. The van der Waals surface area contributed by atoms with E-state index in [9.17, 15) is 0 Å². The first-order chi connectivity index (χ1) is 7.83. The summed E-state index contributed by atoms with van der Waals surface area (Å²) in [6, 6.07) is 10.2. The molecular weight excluding hydrogens is 196 g/mol. The molecule has 0 atom stereocenters. The molecule has 0 aliphatic heterocycles. The van der Waals surface area contributed by atoms with Crippen LogP contribution >= 0.6 is 0 Å². The van der Waals surface area contributed by atoms with Crippen LogP contribution in [0.2, 0.25) is 0 Å². The molecule has 0 aliphatic carbocycles.